The lowest BCUT2D eigenvalue weighted by atomic mass is 9.89. The molecule has 0 amide bonds. The van der Waals surface area contributed by atoms with E-state index in [0.717, 1.165) is 63.8 Å². The summed E-state index contributed by atoms with van der Waals surface area (Å²) in [5, 5.41) is 26.5. The lowest BCUT2D eigenvalue weighted by Crippen LogP contribution is -2.40. The van der Waals surface area contributed by atoms with E-state index in [2.05, 4.69) is 38.1 Å². The average Bonchev–Trinajstić information content (AvgIpc) is 3.54. The van der Waals surface area contributed by atoms with Gasteiger partial charge in [-0.05, 0) is 67.7 Å². The van der Waals surface area contributed by atoms with Gasteiger partial charge in [-0.3, -0.25) is 4.68 Å². The number of piperidine rings is 1. The fourth-order valence-electron chi connectivity index (χ4n) is 6.27. The molecule has 1 saturated heterocycles. The molecule has 214 valence electrons. The number of fused-ring (bicyclic) bond motifs is 2. The third-order valence-electron chi connectivity index (χ3n) is 8.41. The second kappa shape index (κ2) is 11.3. The van der Waals surface area contributed by atoms with E-state index in [1.165, 1.54) is 16.1 Å². The van der Waals surface area contributed by atoms with Crippen molar-refractivity contribution in [1.29, 1.82) is 5.26 Å². The molecule has 9 nitrogen and oxygen atoms in total. The molecule has 4 aromatic rings. The predicted octanol–water partition coefficient (Wildman–Crippen LogP) is 4.22. The minimum atomic E-state index is -3.33. The Bertz CT molecular complexity index is 1720. The number of nitrogens with zero attached hydrogens (tertiary/aromatic N) is 5. The summed E-state index contributed by atoms with van der Waals surface area (Å²) in [7, 11) is -3.33. The zero-order valence-corrected chi connectivity index (χ0v) is 25.3. The number of sulfonamides is 1. The maximum absolute atomic E-state index is 12.3. The number of rotatable bonds is 7. The van der Waals surface area contributed by atoms with Crippen molar-refractivity contribution in [3.8, 4) is 17.3 Å². The molecule has 0 spiro atoms. The van der Waals surface area contributed by atoms with Crippen LogP contribution in [0.5, 0.6) is 0 Å². The molecule has 0 bridgehead atoms. The summed E-state index contributed by atoms with van der Waals surface area (Å²) in [5.74, 6) is 0.412. The van der Waals surface area contributed by atoms with E-state index in [1.807, 2.05) is 47.1 Å². The first-order valence-corrected chi connectivity index (χ1v) is 16.5. The number of benzene rings is 2. The van der Waals surface area contributed by atoms with Crippen LogP contribution in [-0.2, 0) is 29.5 Å². The summed E-state index contributed by atoms with van der Waals surface area (Å²) in [6, 6.07) is 15.9. The first-order chi connectivity index (χ1) is 19.7. The Balaban J connectivity index is 1.14. The van der Waals surface area contributed by atoms with Crippen LogP contribution in [0.25, 0.3) is 22.2 Å². The van der Waals surface area contributed by atoms with Crippen LogP contribution < -0.4 is 0 Å². The number of aromatic amines is 1. The van der Waals surface area contributed by atoms with Gasteiger partial charge in [0.1, 0.15) is 0 Å². The molecular formula is C30H33BrN6O3S. The number of aliphatic hydroxyl groups excluding tert-OH is 1. The van der Waals surface area contributed by atoms with Crippen LogP contribution in [0.2, 0.25) is 0 Å². The number of β-amino-alcohol motifs (C(OH)–C–C–N with tert-alkyl or cyclic N) is 1. The van der Waals surface area contributed by atoms with Crippen molar-refractivity contribution in [1.82, 2.24) is 24.0 Å². The Kier molecular flexibility index (Phi) is 7.78. The van der Waals surface area contributed by atoms with Gasteiger partial charge in [-0.25, -0.2) is 8.42 Å². The highest BCUT2D eigenvalue weighted by Gasteiger charge is 2.31. The van der Waals surface area contributed by atoms with Crippen molar-refractivity contribution in [3.63, 3.8) is 0 Å². The predicted molar refractivity (Wildman–Crippen MR) is 162 cm³/mol. The van der Waals surface area contributed by atoms with Gasteiger partial charge >= 0.3 is 0 Å². The molecule has 2 aromatic carbocycles. The van der Waals surface area contributed by atoms with Gasteiger partial charge in [0.05, 0.1) is 36.2 Å². The van der Waals surface area contributed by atoms with Gasteiger partial charge in [-0.15, -0.1) is 0 Å². The second-order valence-corrected chi connectivity index (χ2v) is 14.1. The van der Waals surface area contributed by atoms with Crippen LogP contribution in [-0.4, -0.2) is 76.0 Å². The molecule has 0 saturated carbocycles. The molecule has 1 atom stereocenters. The van der Waals surface area contributed by atoms with Crippen LogP contribution in [0.15, 0.2) is 53.1 Å². The summed E-state index contributed by atoms with van der Waals surface area (Å²) >= 11 is 3.48. The SMILES string of the molecule is CS(=O)(=O)N1CCc2c(c(-c3ccc(Br)cc3)nn2CC(O)CN2CCC(c3c[nH]c4ccc(C#N)cc34)CC2)C1. The van der Waals surface area contributed by atoms with E-state index in [-0.39, 0.29) is 6.54 Å². The first kappa shape index (κ1) is 28.1. The number of H-pyrrole nitrogens is 1. The molecule has 1 fully saturated rings. The molecule has 2 N–H and O–H groups in total. The number of nitrogens with one attached hydrogen (secondary N) is 1. The Morgan fingerprint density at radius 2 is 1.90 bits per heavy atom. The van der Waals surface area contributed by atoms with E-state index in [1.54, 1.807) is 0 Å². The molecule has 2 aliphatic heterocycles. The van der Waals surface area contributed by atoms with Crippen LogP contribution in [0.1, 0.15) is 41.1 Å². The minimum absolute atomic E-state index is 0.285. The average molecular weight is 638 g/mol. The first-order valence-electron chi connectivity index (χ1n) is 13.9. The number of likely N-dealkylation sites (tertiary alicyclic amines) is 1. The third-order valence-corrected chi connectivity index (χ3v) is 10.2. The number of nitriles is 1. The van der Waals surface area contributed by atoms with Crippen molar-refractivity contribution < 1.29 is 13.5 Å². The van der Waals surface area contributed by atoms with Gasteiger partial charge in [-0.2, -0.15) is 14.7 Å². The van der Waals surface area contributed by atoms with Gasteiger partial charge in [0, 0.05) is 64.4 Å². The zero-order valence-electron chi connectivity index (χ0n) is 22.9. The van der Waals surface area contributed by atoms with E-state index < -0.39 is 16.1 Å². The standard InChI is InChI=1S/C30H33BrN6O3S/c1-41(39,40)36-13-10-29-27(19-36)30(22-3-5-23(31)6-4-22)34-37(29)18-24(38)17-35-11-8-21(9-12-35)26-16-33-28-7-2-20(15-32)14-25(26)28/h2-7,14,16,21,24,33,38H,8-13,17-19H2,1H3. The maximum Gasteiger partial charge on any atom is 0.211 e. The van der Waals surface area contributed by atoms with Crippen molar-refractivity contribution in [2.45, 2.75) is 44.4 Å². The fourth-order valence-corrected chi connectivity index (χ4v) is 7.32. The monoisotopic (exact) mass is 636 g/mol. The summed E-state index contributed by atoms with van der Waals surface area (Å²) in [4.78, 5) is 5.66. The zero-order chi connectivity index (χ0) is 28.7. The van der Waals surface area contributed by atoms with Gasteiger partial charge in [0.25, 0.3) is 0 Å². The molecular weight excluding hydrogens is 604 g/mol. The van der Waals surface area contributed by atoms with E-state index in [0.29, 0.717) is 37.5 Å². The number of aliphatic hydroxyl groups is 1. The third kappa shape index (κ3) is 5.85. The fraction of sp³-hybridized carbons (Fsp3) is 0.400. The van der Waals surface area contributed by atoms with Crippen LogP contribution in [0.3, 0.4) is 0 Å². The van der Waals surface area contributed by atoms with Crippen molar-refractivity contribution in [2.75, 3.05) is 32.4 Å². The molecule has 6 rings (SSSR count). The summed E-state index contributed by atoms with van der Waals surface area (Å²) in [5.41, 5.74) is 6.60. The lowest BCUT2D eigenvalue weighted by molar-refractivity contribution is 0.0815. The highest BCUT2D eigenvalue weighted by molar-refractivity contribution is 9.10. The van der Waals surface area contributed by atoms with Crippen LogP contribution in [0.4, 0.5) is 0 Å². The molecule has 11 heteroatoms. The Labute approximate surface area is 248 Å². The van der Waals surface area contributed by atoms with Gasteiger partial charge < -0.3 is 15.0 Å². The quantitative estimate of drug-likeness (QED) is 0.314. The molecule has 0 radical (unpaired) electrons. The van der Waals surface area contributed by atoms with Gasteiger partial charge in [0.15, 0.2) is 0 Å². The smallest absolute Gasteiger partial charge is 0.211 e. The Hall–Kier alpha value is -3.01. The normalized spacial score (nSPS) is 17.9. The summed E-state index contributed by atoms with van der Waals surface area (Å²) in [6.45, 7) is 3.37. The van der Waals surface area contributed by atoms with E-state index in [9.17, 15) is 18.8 Å². The Morgan fingerprint density at radius 1 is 1.15 bits per heavy atom. The topological polar surface area (TPSA) is 118 Å². The van der Waals surface area contributed by atoms with E-state index in [4.69, 9.17) is 5.10 Å². The number of halogens is 1. The van der Waals surface area contributed by atoms with Crippen LogP contribution in [0, 0.1) is 11.3 Å². The number of hydrogen-bond acceptors (Lipinski definition) is 6. The number of hydrogen-bond donors (Lipinski definition) is 2. The number of aromatic nitrogens is 3. The lowest BCUT2D eigenvalue weighted by Gasteiger charge is -2.33. The summed E-state index contributed by atoms with van der Waals surface area (Å²) < 4.78 is 29.0. The van der Waals surface area contributed by atoms with Gasteiger partial charge in [-0.1, -0.05) is 28.1 Å². The van der Waals surface area contributed by atoms with Crippen molar-refractivity contribution >= 4 is 36.9 Å². The summed E-state index contributed by atoms with van der Waals surface area (Å²) in [6.07, 6.45) is 5.26. The largest absolute Gasteiger partial charge is 0.390 e. The minimum Gasteiger partial charge on any atom is -0.390 e. The second-order valence-electron chi connectivity index (χ2n) is 11.2. The van der Waals surface area contributed by atoms with E-state index >= 15 is 0 Å². The van der Waals surface area contributed by atoms with Crippen molar-refractivity contribution in [3.05, 3.63) is 75.5 Å². The molecule has 2 aromatic heterocycles. The molecule has 0 aliphatic carbocycles. The van der Waals surface area contributed by atoms with Gasteiger partial charge in [0.2, 0.25) is 10.0 Å². The molecule has 2 aliphatic rings. The molecule has 4 heterocycles. The maximum atomic E-state index is 12.3. The molecule has 41 heavy (non-hydrogen) atoms. The molecule has 1 unspecified atom stereocenters. The van der Waals surface area contributed by atoms with Crippen molar-refractivity contribution in [2.24, 2.45) is 0 Å². The van der Waals surface area contributed by atoms with Crippen LogP contribution >= 0.6 is 15.9 Å². The highest BCUT2D eigenvalue weighted by atomic mass is 79.9. The highest BCUT2D eigenvalue weighted by Crippen LogP contribution is 2.34. The Morgan fingerprint density at radius 3 is 2.61 bits per heavy atom.